The Labute approximate surface area is 152 Å². The fraction of sp³-hybridized carbons (Fsp3) is 0.200. The van der Waals surface area contributed by atoms with E-state index < -0.39 is 5.91 Å². The van der Waals surface area contributed by atoms with Gasteiger partial charge in [-0.25, -0.2) is 0 Å². The number of amides is 2. The van der Waals surface area contributed by atoms with E-state index in [-0.39, 0.29) is 11.7 Å². The smallest absolute Gasteiger partial charge is 0.286 e. The van der Waals surface area contributed by atoms with Gasteiger partial charge in [0.1, 0.15) is 5.69 Å². The molecule has 0 fully saturated rings. The minimum Gasteiger partial charge on any atom is -0.357 e. The van der Waals surface area contributed by atoms with Crippen LogP contribution in [0.3, 0.4) is 0 Å². The normalized spacial score (nSPS) is 10.6. The van der Waals surface area contributed by atoms with Gasteiger partial charge in [0, 0.05) is 12.7 Å². The number of carbonyl (C=O) groups is 2. The number of H-pyrrole nitrogens is 1. The predicted molar refractivity (Wildman–Crippen MR) is 96.1 cm³/mol. The van der Waals surface area contributed by atoms with E-state index in [1.807, 2.05) is 29.0 Å². The van der Waals surface area contributed by atoms with Crippen LogP contribution in [0.25, 0.3) is 10.7 Å². The van der Waals surface area contributed by atoms with Crippen molar-refractivity contribution in [3.05, 3.63) is 41.5 Å². The lowest BCUT2D eigenvalue weighted by Gasteiger charge is -2.07. The van der Waals surface area contributed by atoms with Crippen LogP contribution in [0, 0.1) is 0 Å². The highest BCUT2D eigenvalue weighted by atomic mass is 32.2. The van der Waals surface area contributed by atoms with Gasteiger partial charge in [0.15, 0.2) is 11.0 Å². The molecule has 0 aromatic carbocycles. The molecular formula is C15H16N6O2S2. The van der Waals surface area contributed by atoms with Crippen LogP contribution in [0.5, 0.6) is 0 Å². The molecule has 8 nitrogen and oxygen atoms in total. The number of aromatic amines is 1. The van der Waals surface area contributed by atoms with Gasteiger partial charge in [-0.2, -0.15) is 0 Å². The number of nitrogens with zero attached hydrogens (tertiary/aromatic N) is 3. The third-order valence-corrected chi connectivity index (χ3v) is 5.10. The first kappa shape index (κ1) is 17.2. The first-order valence-electron chi connectivity index (χ1n) is 7.51. The van der Waals surface area contributed by atoms with Crippen LogP contribution >= 0.6 is 23.1 Å². The maximum Gasteiger partial charge on any atom is 0.286 e. The molecule has 0 aliphatic heterocycles. The van der Waals surface area contributed by atoms with Crippen molar-refractivity contribution in [1.29, 1.82) is 0 Å². The third-order valence-electron chi connectivity index (χ3n) is 3.27. The Morgan fingerprint density at radius 1 is 1.28 bits per heavy atom. The number of hydrogen-bond acceptors (Lipinski definition) is 6. The molecule has 130 valence electrons. The third kappa shape index (κ3) is 4.09. The highest BCUT2D eigenvalue weighted by Crippen LogP contribution is 2.26. The van der Waals surface area contributed by atoms with Crippen LogP contribution in [-0.4, -0.2) is 37.3 Å². The van der Waals surface area contributed by atoms with E-state index in [2.05, 4.69) is 26.0 Å². The molecule has 0 saturated heterocycles. The molecule has 3 N–H and O–H groups in total. The average Bonchev–Trinajstić information content (AvgIpc) is 3.38. The van der Waals surface area contributed by atoms with E-state index in [0.29, 0.717) is 17.4 Å². The van der Waals surface area contributed by atoms with Crippen molar-refractivity contribution in [2.75, 3.05) is 5.75 Å². The Morgan fingerprint density at radius 2 is 2.16 bits per heavy atom. The van der Waals surface area contributed by atoms with Gasteiger partial charge in [-0.05, 0) is 30.5 Å². The molecule has 0 aliphatic rings. The van der Waals surface area contributed by atoms with Crippen molar-refractivity contribution >= 4 is 34.9 Å². The van der Waals surface area contributed by atoms with Crippen LogP contribution in [0.15, 0.2) is 41.0 Å². The minimum absolute atomic E-state index is 0.119. The maximum atomic E-state index is 11.9. The molecule has 3 aromatic rings. The summed E-state index contributed by atoms with van der Waals surface area (Å²) < 4.78 is 1.96. The molecule has 3 aromatic heterocycles. The Morgan fingerprint density at radius 3 is 2.84 bits per heavy atom. The van der Waals surface area contributed by atoms with Gasteiger partial charge < -0.3 is 9.55 Å². The highest BCUT2D eigenvalue weighted by Gasteiger charge is 2.15. The Hall–Kier alpha value is -2.59. The van der Waals surface area contributed by atoms with Gasteiger partial charge in [-0.3, -0.25) is 20.4 Å². The number of carbonyl (C=O) groups excluding carboxylic acids is 2. The maximum absolute atomic E-state index is 11.9. The quantitative estimate of drug-likeness (QED) is 0.450. The molecule has 0 saturated carbocycles. The second-order valence-corrected chi connectivity index (χ2v) is 6.79. The minimum atomic E-state index is -0.403. The van der Waals surface area contributed by atoms with Gasteiger partial charge >= 0.3 is 0 Å². The van der Waals surface area contributed by atoms with Crippen LogP contribution in [-0.2, 0) is 11.3 Å². The summed E-state index contributed by atoms with van der Waals surface area (Å²) in [5.74, 6) is 0.182. The standard InChI is InChI=1S/C15H16N6O2S2/c1-2-21-13(11-6-4-8-24-11)18-20-15(21)25-9-12(22)17-19-14(23)10-5-3-7-16-10/h3-8,16H,2,9H2,1H3,(H,17,22)(H,19,23). The second kappa shape index (κ2) is 7.99. The number of hydrazine groups is 1. The molecular weight excluding hydrogens is 360 g/mol. The lowest BCUT2D eigenvalue weighted by molar-refractivity contribution is -0.119. The topological polar surface area (TPSA) is 105 Å². The van der Waals surface area contributed by atoms with Crippen LogP contribution in [0.4, 0.5) is 0 Å². The molecule has 10 heteroatoms. The molecule has 0 bridgehead atoms. The summed E-state index contributed by atoms with van der Waals surface area (Å²) in [6.45, 7) is 2.70. The molecule has 0 atom stereocenters. The lowest BCUT2D eigenvalue weighted by Crippen LogP contribution is -2.42. The average molecular weight is 376 g/mol. The summed E-state index contributed by atoms with van der Waals surface area (Å²) >= 11 is 2.86. The molecule has 0 aliphatic carbocycles. The summed E-state index contributed by atoms with van der Waals surface area (Å²) in [6.07, 6.45) is 1.63. The highest BCUT2D eigenvalue weighted by molar-refractivity contribution is 7.99. The van der Waals surface area contributed by atoms with E-state index in [4.69, 9.17) is 0 Å². The fourth-order valence-electron chi connectivity index (χ4n) is 2.10. The molecule has 0 unspecified atom stereocenters. The van der Waals surface area contributed by atoms with Crippen molar-refractivity contribution < 1.29 is 9.59 Å². The zero-order valence-corrected chi connectivity index (χ0v) is 15.0. The van der Waals surface area contributed by atoms with E-state index >= 15 is 0 Å². The Balaban J connectivity index is 1.55. The number of aromatic nitrogens is 4. The van der Waals surface area contributed by atoms with Crippen LogP contribution in [0.2, 0.25) is 0 Å². The largest absolute Gasteiger partial charge is 0.357 e. The molecule has 0 radical (unpaired) electrons. The van der Waals surface area contributed by atoms with Crippen LogP contribution < -0.4 is 10.9 Å². The fourth-order valence-corrected chi connectivity index (χ4v) is 3.62. The molecule has 3 heterocycles. The summed E-state index contributed by atoms with van der Waals surface area (Å²) in [5.41, 5.74) is 5.11. The van der Waals surface area contributed by atoms with Crippen molar-refractivity contribution in [3.8, 4) is 10.7 Å². The number of rotatable bonds is 6. The monoisotopic (exact) mass is 376 g/mol. The molecule has 25 heavy (non-hydrogen) atoms. The summed E-state index contributed by atoms with van der Waals surface area (Å²) in [7, 11) is 0. The second-order valence-electron chi connectivity index (χ2n) is 4.90. The molecule has 3 rings (SSSR count). The Kier molecular flexibility index (Phi) is 5.51. The first-order chi connectivity index (χ1) is 12.2. The van der Waals surface area contributed by atoms with Crippen molar-refractivity contribution in [1.82, 2.24) is 30.6 Å². The zero-order chi connectivity index (χ0) is 17.6. The van der Waals surface area contributed by atoms with E-state index in [1.54, 1.807) is 29.7 Å². The van der Waals surface area contributed by atoms with E-state index in [1.165, 1.54) is 11.8 Å². The predicted octanol–water partition coefficient (Wildman–Crippen LogP) is 1.91. The van der Waals surface area contributed by atoms with Crippen molar-refractivity contribution in [2.24, 2.45) is 0 Å². The number of hydrogen-bond donors (Lipinski definition) is 3. The summed E-state index contributed by atoms with van der Waals surface area (Å²) in [5, 5.41) is 11.0. The van der Waals surface area contributed by atoms with Gasteiger partial charge in [0.05, 0.1) is 10.6 Å². The van der Waals surface area contributed by atoms with Crippen LogP contribution in [0.1, 0.15) is 17.4 Å². The van der Waals surface area contributed by atoms with Gasteiger partial charge in [-0.1, -0.05) is 17.8 Å². The van der Waals surface area contributed by atoms with Crippen molar-refractivity contribution in [2.45, 2.75) is 18.6 Å². The number of nitrogens with one attached hydrogen (secondary N) is 3. The molecule has 2 amide bonds. The van der Waals surface area contributed by atoms with E-state index in [9.17, 15) is 9.59 Å². The SMILES string of the molecule is CCn1c(SCC(=O)NNC(=O)c2ccc[nH]2)nnc1-c1cccs1. The Bertz CT molecular complexity index is 842. The molecule has 0 spiro atoms. The number of thiophene rings is 1. The first-order valence-corrected chi connectivity index (χ1v) is 9.38. The van der Waals surface area contributed by atoms with E-state index in [0.717, 1.165) is 10.7 Å². The van der Waals surface area contributed by atoms with Gasteiger partial charge in [-0.15, -0.1) is 21.5 Å². The summed E-state index contributed by atoms with van der Waals surface area (Å²) in [4.78, 5) is 27.4. The van der Waals surface area contributed by atoms with Gasteiger partial charge in [0.2, 0.25) is 5.91 Å². The lowest BCUT2D eigenvalue weighted by atomic mass is 10.4. The summed E-state index contributed by atoms with van der Waals surface area (Å²) in [6, 6.07) is 7.27. The zero-order valence-electron chi connectivity index (χ0n) is 13.4. The van der Waals surface area contributed by atoms with Crippen molar-refractivity contribution in [3.63, 3.8) is 0 Å². The number of thioether (sulfide) groups is 1. The van der Waals surface area contributed by atoms with Gasteiger partial charge in [0.25, 0.3) is 5.91 Å².